The fourth-order valence-electron chi connectivity index (χ4n) is 1.30. The molecule has 4 nitrogen and oxygen atoms in total. The maximum absolute atomic E-state index is 11.4. The first-order valence-corrected chi connectivity index (χ1v) is 4.95. The van der Waals surface area contributed by atoms with Gasteiger partial charge in [-0.3, -0.25) is 0 Å². The first kappa shape index (κ1) is 14.9. The normalized spacial score (nSPS) is 11.4. The number of hydrogen-bond donors (Lipinski definition) is 1. The summed E-state index contributed by atoms with van der Waals surface area (Å²) in [4.78, 5) is 14.4. The predicted octanol–water partition coefficient (Wildman–Crippen LogP) is -1.59. The lowest BCUT2D eigenvalue weighted by Crippen LogP contribution is -3.00. The molecule has 1 rings (SSSR count). The van der Waals surface area contributed by atoms with E-state index in [2.05, 4.69) is 11.6 Å². The second-order valence-electron chi connectivity index (χ2n) is 3.54. The van der Waals surface area contributed by atoms with E-state index < -0.39 is 0 Å². The highest BCUT2D eigenvalue weighted by atomic mass is 79.9. The average molecular weight is 289 g/mol. The highest BCUT2D eigenvalue weighted by Gasteiger charge is 2.23. The molecule has 0 aliphatic rings. The monoisotopic (exact) mass is 288 g/mol. The number of imidazole rings is 1. The van der Waals surface area contributed by atoms with Crippen LogP contribution in [0, 0.1) is 0 Å². The molecule has 0 saturated heterocycles. The molecule has 0 radical (unpaired) electrons. The van der Waals surface area contributed by atoms with Crippen LogP contribution in [0.5, 0.6) is 0 Å². The van der Waals surface area contributed by atoms with Crippen molar-refractivity contribution in [3.8, 4) is 0 Å². The van der Waals surface area contributed by atoms with Crippen molar-refractivity contribution in [3.05, 3.63) is 30.4 Å². The summed E-state index contributed by atoms with van der Waals surface area (Å²) in [5.41, 5.74) is 0.419. The summed E-state index contributed by atoms with van der Waals surface area (Å²) < 4.78 is 7.20. The zero-order valence-corrected chi connectivity index (χ0v) is 11.4. The van der Waals surface area contributed by atoms with E-state index in [1.165, 1.54) is 0 Å². The van der Waals surface area contributed by atoms with Crippen LogP contribution in [0.4, 0.5) is 0 Å². The molecular weight excluding hydrogens is 272 g/mol. The van der Waals surface area contributed by atoms with Crippen LogP contribution < -0.4 is 21.5 Å². The topological polar surface area (TPSA) is 46.0 Å². The summed E-state index contributed by atoms with van der Waals surface area (Å²) in [6.07, 6.45) is 4.18. The summed E-state index contributed by atoms with van der Waals surface area (Å²) in [5, 5.41) is 0. The molecule has 0 aromatic carbocycles. The van der Waals surface area contributed by atoms with Crippen LogP contribution in [0.25, 0.3) is 0 Å². The molecule has 0 saturated carbocycles. The first-order valence-electron chi connectivity index (χ1n) is 4.95. The summed E-state index contributed by atoms with van der Waals surface area (Å²) in [6, 6.07) is 0. The standard InChI is InChI=1S/C11H16N2O2.BrH/c1-5-9(15-11(14)8(2)3)10-12-6-7-13(10)4;/h6-7,9H,2,5H2,1,3-4H3;1H. The highest BCUT2D eigenvalue weighted by molar-refractivity contribution is 5.87. The van der Waals surface area contributed by atoms with E-state index in [9.17, 15) is 4.79 Å². The third kappa shape index (κ3) is 3.48. The van der Waals surface area contributed by atoms with Crippen molar-refractivity contribution in [2.75, 3.05) is 0 Å². The Morgan fingerprint density at radius 1 is 1.69 bits per heavy atom. The lowest BCUT2D eigenvalue weighted by molar-refractivity contribution is -0.681. The van der Waals surface area contributed by atoms with E-state index in [0.717, 1.165) is 12.2 Å². The molecule has 90 valence electrons. The Hall–Kier alpha value is -1.10. The van der Waals surface area contributed by atoms with E-state index >= 15 is 0 Å². The number of esters is 1. The van der Waals surface area contributed by atoms with Gasteiger partial charge in [-0.15, -0.1) is 0 Å². The summed E-state index contributed by atoms with van der Waals surface area (Å²) in [6.45, 7) is 7.17. The van der Waals surface area contributed by atoms with E-state index in [1.54, 1.807) is 6.92 Å². The van der Waals surface area contributed by atoms with Gasteiger partial charge in [-0.2, -0.15) is 0 Å². The molecule has 0 fully saturated rings. The molecule has 1 N–H and O–H groups in total. The van der Waals surface area contributed by atoms with Gasteiger partial charge >= 0.3 is 5.97 Å². The second-order valence-corrected chi connectivity index (χ2v) is 3.54. The smallest absolute Gasteiger partial charge is 0.334 e. The molecule has 0 aliphatic carbocycles. The number of hydrogen-bond acceptors (Lipinski definition) is 2. The Morgan fingerprint density at radius 3 is 2.69 bits per heavy atom. The first-order chi connectivity index (χ1) is 7.06. The van der Waals surface area contributed by atoms with E-state index in [4.69, 9.17) is 4.74 Å². The third-order valence-corrected chi connectivity index (χ3v) is 2.18. The minimum absolute atomic E-state index is 0. The van der Waals surface area contributed by atoms with Gasteiger partial charge in [0.25, 0.3) is 5.82 Å². The van der Waals surface area contributed by atoms with E-state index in [1.807, 2.05) is 30.9 Å². The Bertz CT molecular complexity index is 374. The van der Waals surface area contributed by atoms with Crippen molar-refractivity contribution in [1.29, 1.82) is 0 Å². The maximum Gasteiger partial charge on any atom is 0.334 e. The number of H-pyrrole nitrogens is 1. The maximum atomic E-state index is 11.4. The van der Waals surface area contributed by atoms with Crippen LogP contribution in [-0.2, 0) is 16.6 Å². The van der Waals surface area contributed by atoms with Gasteiger partial charge in [0.15, 0.2) is 0 Å². The Morgan fingerprint density at radius 2 is 2.31 bits per heavy atom. The molecule has 1 atom stereocenters. The number of nitrogens with one attached hydrogen (secondary N) is 1. The van der Waals surface area contributed by atoms with Crippen LogP contribution >= 0.6 is 0 Å². The van der Waals surface area contributed by atoms with Gasteiger partial charge in [0.05, 0.1) is 7.05 Å². The van der Waals surface area contributed by atoms with Gasteiger partial charge < -0.3 is 21.7 Å². The molecule has 0 aliphatic heterocycles. The van der Waals surface area contributed by atoms with Crippen molar-refractivity contribution >= 4 is 5.97 Å². The Kier molecular flexibility index (Phi) is 6.03. The summed E-state index contributed by atoms with van der Waals surface area (Å²) in [5.74, 6) is 0.531. The zero-order chi connectivity index (χ0) is 11.4. The van der Waals surface area contributed by atoms with Gasteiger partial charge in [-0.05, 0) is 13.3 Å². The molecular formula is C11H17BrN2O2. The molecule has 0 amide bonds. The molecule has 1 unspecified atom stereocenters. The lowest BCUT2D eigenvalue weighted by Gasteiger charge is -2.11. The number of nitrogens with zero attached hydrogens (tertiary/aromatic N) is 1. The second kappa shape index (κ2) is 6.48. The minimum atomic E-state index is -0.351. The van der Waals surface area contributed by atoms with E-state index in [-0.39, 0.29) is 29.1 Å². The SMILES string of the molecule is C=C(C)C(=O)OC(CC)c1[nH]cc[n+]1C.[Br-]. The molecule has 5 heteroatoms. The number of aromatic nitrogens is 2. The van der Waals surface area contributed by atoms with Gasteiger partial charge in [-0.1, -0.05) is 13.5 Å². The van der Waals surface area contributed by atoms with Crippen molar-refractivity contribution in [2.24, 2.45) is 7.05 Å². The number of rotatable bonds is 4. The van der Waals surface area contributed by atoms with Crippen LogP contribution in [0.15, 0.2) is 24.5 Å². The van der Waals surface area contributed by atoms with Crippen LogP contribution in [0.3, 0.4) is 0 Å². The van der Waals surface area contributed by atoms with Gasteiger partial charge in [0, 0.05) is 5.57 Å². The Balaban J connectivity index is 0.00000225. The van der Waals surface area contributed by atoms with Crippen LogP contribution in [0.1, 0.15) is 32.2 Å². The van der Waals surface area contributed by atoms with Crippen molar-refractivity contribution in [3.63, 3.8) is 0 Å². The summed E-state index contributed by atoms with van der Waals surface area (Å²) >= 11 is 0. The fraction of sp³-hybridized carbons (Fsp3) is 0.455. The number of carbonyl (C=O) groups is 1. The van der Waals surface area contributed by atoms with Gasteiger partial charge in [-0.25, -0.2) is 14.3 Å². The largest absolute Gasteiger partial charge is 1.00 e. The quantitative estimate of drug-likeness (QED) is 0.413. The number of aryl methyl sites for hydroxylation is 1. The summed E-state index contributed by atoms with van der Waals surface area (Å²) in [7, 11) is 1.91. The van der Waals surface area contributed by atoms with E-state index in [0.29, 0.717) is 5.57 Å². The highest BCUT2D eigenvalue weighted by Crippen LogP contribution is 2.17. The zero-order valence-electron chi connectivity index (χ0n) is 9.79. The van der Waals surface area contributed by atoms with Gasteiger partial charge in [0.1, 0.15) is 12.4 Å². The van der Waals surface area contributed by atoms with Crippen LogP contribution in [-0.4, -0.2) is 11.0 Å². The molecule has 0 bridgehead atoms. The fourth-order valence-corrected chi connectivity index (χ4v) is 1.30. The molecule has 1 heterocycles. The Labute approximate surface area is 106 Å². The van der Waals surface area contributed by atoms with Gasteiger partial charge in [0.2, 0.25) is 6.10 Å². The van der Waals surface area contributed by atoms with Crippen molar-refractivity contribution in [1.82, 2.24) is 4.98 Å². The minimum Gasteiger partial charge on any atom is -1.00 e. The van der Waals surface area contributed by atoms with Crippen molar-refractivity contribution < 1.29 is 31.1 Å². The lowest BCUT2D eigenvalue weighted by atomic mass is 10.2. The van der Waals surface area contributed by atoms with Crippen LogP contribution in [0.2, 0.25) is 0 Å². The average Bonchev–Trinajstić information content (AvgIpc) is 2.60. The third-order valence-electron chi connectivity index (χ3n) is 2.18. The molecule has 0 spiro atoms. The molecule has 1 aromatic heterocycles. The number of ether oxygens (including phenoxy) is 1. The number of carbonyl (C=O) groups excluding carboxylic acids is 1. The molecule has 16 heavy (non-hydrogen) atoms. The number of halogens is 1. The number of aromatic amines is 1. The predicted molar refractivity (Wildman–Crippen MR) is 55.9 cm³/mol. The molecule has 1 aromatic rings. The van der Waals surface area contributed by atoms with Crippen molar-refractivity contribution in [2.45, 2.75) is 26.4 Å².